The van der Waals surface area contributed by atoms with Gasteiger partial charge in [-0.15, -0.1) is 0 Å². The van der Waals surface area contributed by atoms with Crippen LogP contribution in [0.3, 0.4) is 0 Å². The van der Waals surface area contributed by atoms with E-state index in [0.29, 0.717) is 6.61 Å². The predicted molar refractivity (Wildman–Crippen MR) is 230 cm³/mol. The molecule has 0 aliphatic carbocycles. The maximum atomic E-state index is 15.0. The second kappa shape index (κ2) is 22.4. The van der Waals surface area contributed by atoms with Crippen molar-refractivity contribution in [3.63, 3.8) is 0 Å². The van der Waals surface area contributed by atoms with E-state index in [1.54, 1.807) is 13.8 Å². The van der Waals surface area contributed by atoms with Gasteiger partial charge in [-0.25, -0.2) is 0 Å². The number of Topliss-reactive ketones (excluding diaryl/α,β-unsaturated/α-hetero) is 2. The summed E-state index contributed by atoms with van der Waals surface area (Å²) >= 11 is 0. The molecule has 5 aromatic carbocycles. The first kappa shape index (κ1) is 45.1. The molecule has 0 amide bonds. The maximum Gasteiger partial charge on any atom is 0.189 e. The summed E-state index contributed by atoms with van der Waals surface area (Å²) < 4.78 is 52.5. The van der Waals surface area contributed by atoms with Gasteiger partial charge in [-0.2, -0.15) is 0 Å². The standard InChI is InChI=1S/C51H56O11/c1-51(2)61-46(42(54)29-52)50(62-51)45(56-31-37-20-10-4-11-21-37)41(53)28-43-47(57-32-38-22-12-5-13-23-38)49(59-34-40-26-16-7-17-27-40)48(58-33-39-24-14-6-15-25-39)44(60-43)35-55-30-36-18-8-3-9-19-36/h3-27,43-50,52H,28-35H2,1-2H3/t43-,44-,45+,46+,47-,48-,49-,50-/m1/s1. The normalized spacial score (nSPS) is 23.8. The molecular formula is C51H56O11. The monoisotopic (exact) mass is 844 g/mol. The van der Waals surface area contributed by atoms with Crippen LogP contribution in [0.4, 0.5) is 0 Å². The number of benzene rings is 5. The van der Waals surface area contributed by atoms with Gasteiger partial charge in [-0.1, -0.05) is 152 Å². The molecule has 5 aromatic rings. The Kier molecular flexibility index (Phi) is 16.3. The molecule has 0 spiro atoms. The van der Waals surface area contributed by atoms with Crippen LogP contribution in [0.5, 0.6) is 0 Å². The van der Waals surface area contributed by atoms with Crippen LogP contribution < -0.4 is 0 Å². The van der Waals surface area contributed by atoms with Crippen LogP contribution in [0.25, 0.3) is 0 Å². The lowest BCUT2D eigenvalue weighted by Crippen LogP contribution is -2.62. The average molecular weight is 845 g/mol. The molecule has 11 nitrogen and oxygen atoms in total. The lowest BCUT2D eigenvalue weighted by molar-refractivity contribution is -0.273. The molecule has 8 atom stereocenters. The fourth-order valence-corrected chi connectivity index (χ4v) is 7.84. The zero-order chi connectivity index (χ0) is 43.2. The number of hydrogen-bond donors (Lipinski definition) is 1. The minimum absolute atomic E-state index is 0.0468. The summed E-state index contributed by atoms with van der Waals surface area (Å²) in [6.45, 7) is 3.69. The van der Waals surface area contributed by atoms with Gasteiger partial charge >= 0.3 is 0 Å². The van der Waals surface area contributed by atoms with Crippen LogP contribution in [0.2, 0.25) is 0 Å². The average Bonchev–Trinajstić information content (AvgIpc) is 3.63. The first-order chi connectivity index (χ1) is 30.3. The molecule has 7 rings (SSSR count). The largest absolute Gasteiger partial charge is 0.388 e. The molecule has 2 saturated heterocycles. The summed E-state index contributed by atoms with van der Waals surface area (Å²) in [6, 6.07) is 48.7. The number of ketones is 2. The molecule has 0 radical (unpaired) electrons. The highest BCUT2D eigenvalue weighted by Gasteiger charge is 2.53. The van der Waals surface area contributed by atoms with E-state index in [1.165, 1.54) is 0 Å². The lowest BCUT2D eigenvalue weighted by Gasteiger charge is -2.46. The highest BCUT2D eigenvalue weighted by molar-refractivity contribution is 5.89. The minimum Gasteiger partial charge on any atom is -0.388 e. The number of aliphatic hydroxyl groups excluding tert-OH is 1. The summed E-state index contributed by atoms with van der Waals surface area (Å²) in [5.41, 5.74) is 4.63. The predicted octanol–water partition coefficient (Wildman–Crippen LogP) is 7.35. The van der Waals surface area contributed by atoms with E-state index in [0.717, 1.165) is 27.8 Å². The highest BCUT2D eigenvalue weighted by Crippen LogP contribution is 2.36. The van der Waals surface area contributed by atoms with Gasteiger partial charge in [0.25, 0.3) is 0 Å². The molecule has 0 aromatic heterocycles. The van der Waals surface area contributed by atoms with Gasteiger partial charge in [0.05, 0.1) is 45.7 Å². The Bertz CT molecular complexity index is 2090. The van der Waals surface area contributed by atoms with Crippen molar-refractivity contribution in [3.05, 3.63) is 179 Å². The fourth-order valence-electron chi connectivity index (χ4n) is 7.84. The maximum absolute atomic E-state index is 15.0. The van der Waals surface area contributed by atoms with E-state index in [-0.39, 0.29) is 39.5 Å². The zero-order valence-corrected chi connectivity index (χ0v) is 35.2. The Morgan fingerprint density at radius 3 is 1.45 bits per heavy atom. The molecule has 11 heteroatoms. The third kappa shape index (κ3) is 12.6. The number of carbonyl (C=O) groups is 2. The first-order valence-corrected chi connectivity index (χ1v) is 21.2. The molecule has 2 aliphatic heterocycles. The van der Waals surface area contributed by atoms with Crippen LogP contribution in [0.15, 0.2) is 152 Å². The Morgan fingerprint density at radius 2 is 0.984 bits per heavy atom. The van der Waals surface area contributed by atoms with Crippen molar-refractivity contribution in [2.24, 2.45) is 0 Å². The Hall–Kier alpha value is -4.92. The van der Waals surface area contributed by atoms with E-state index < -0.39 is 72.8 Å². The number of hydrogen-bond acceptors (Lipinski definition) is 11. The van der Waals surface area contributed by atoms with Crippen molar-refractivity contribution in [2.45, 2.75) is 108 Å². The van der Waals surface area contributed by atoms with Crippen molar-refractivity contribution in [1.82, 2.24) is 0 Å². The summed E-state index contributed by atoms with van der Waals surface area (Å²) in [4.78, 5) is 28.2. The Balaban J connectivity index is 1.24. The number of rotatable bonds is 22. The minimum atomic E-state index is -1.29. The van der Waals surface area contributed by atoms with Gasteiger partial charge in [-0.3, -0.25) is 9.59 Å². The number of carbonyl (C=O) groups excluding carboxylic acids is 2. The molecule has 326 valence electrons. The first-order valence-electron chi connectivity index (χ1n) is 21.2. The lowest BCUT2D eigenvalue weighted by atomic mass is 9.89. The molecule has 62 heavy (non-hydrogen) atoms. The number of aliphatic hydroxyl groups is 1. The van der Waals surface area contributed by atoms with Crippen LogP contribution in [0.1, 0.15) is 48.1 Å². The number of ether oxygens (including phenoxy) is 8. The van der Waals surface area contributed by atoms with Crippen LogP contribution in [-0.2, 0) is 80.5 Å². The quantitative estimate of drug-likeness (QED) is 0.0751. The van der Waals surface area contributed by atoms with Crippen LogP contribution in [0, 0.1) is 0 Å². The van der Waals surface area contributed by atoms with E-state index in [1.807, 2.05) is 152 Å². The van der Waals surface area contributed by atoms with Gasteiger partial charge in [0.1, 0.15) is 43.2 Å². The molecule has 1 N–H and O–H groups in total. The van der Waals surface area contributed by atoms with Crippen molar-refractivity contribution >= 4 is 11.6 Å². The highest BCUT2D eigenvalue weighted by atomic mass is 16.8. The summed E-state index contributed by atoms with van der Waals surface area (Å²) in [7, 11) is 0. The van der Waals surface area contributed by atoms with E-state index in [2.05, 4.69) is 0 Å². The fraction of sp³-hybridized carbons (Fsp3) is 0.373. The van der Waals surface area contributed by atoms with Gasteiger partial charge in [0.2, 0.25) is 0 Å². The van der Waals surface area contributed by atoms with Crippen molar-refractivity contribution in [1.29, 1.82) is 0 Å². The molecule has 0 unspecified atom stereocenters. The summed E-state index contributed by atoms with van der Waals surface area (Å²) in [6.07, 6.45) is -7.84. The zero-order valence-electron chi connectivity index (χ0n) is 35.2. The summed E-state index contributed by atoms with van der Waals surface area (Å²) in [5.74, 6) is -2.27. The molecule has 2 heterocycles. The molecule has 2 aliphatic rings. The van der Waals surface area contributed by atoms with E-state index in [9.17, 15) is 9.90 Å². The van der Waals surface area contributed by atoms with Crippen molar-refractivity contribution in [3.8, 4) is 0 Å². The van der Waals surface area contributed by atoms with Crippen LogP contribution >= 0.6 is 0 Å². The van der Waals surface area contributed by atoms with Gasteiger partial charge in [-0.05, 0) is 41.7 Å². The molecule has 0 saturated carbocycles. The topological polar surface area (TPSA) is 128 Å². The molecular weight excluding hydrogens is 789 g/mol. The van der Waals surface area contributed by atoms with Gasteiger partial charge in [0.15, 0.2) is 23.5 Å². The Labute approximate surface area is 363 Å². The van der Waals surface area contributed by atoms with Crippen molar-refractivity contribution < 1.29 is 52.6 Å². The molecule has 0 bridgehead atoms. The third-order valence-electron chi connectivity index (χ3n) is 10.9. The third-order valence-corrected chi connectivity index (χ3v) is 10.9. The van der Waals surface area contributed by atoms with E-state index >= 15 is 4.79 Å². The van der Waals surface area contributed by atoms with Gasteiger partial charge in [0, 0.05) is 6.42 Å². The second-order valence-corrected chi connectivity index (χ2v) is 16.0. The second-order valence-electron chi connectivity index (χ2n) is 16.0. The molecule has 2 fully saturated rings. The van der Waals surface area contributed by atoms with Crippen molar-refractivity contribution in [2.75, 3.05) is 13.2 Å². The summed E-state index contributed by atoms with van der Waals surface area (Å²) in [5, 5.41) is 9.95. The van der Waals surface area contributed by atoms with Gasteiger partial charge < -0.3 is 43.0 Å². The smallest absolute Gasteiger partial charge is 0.189 e. The SMILES string of the molecule is CC1(C)O[C@H]([C@@H](OCc2ccccc2)C(=O)C[C@H]2O[C@H](COCc3ccccc3)[C@@H](OCc3ccccc3)[C@H](OCc3ccccc3)[C@@H]2OCc2ccccc2)[C@H](C(=O)CO)O1. The van der Waals surface area contributed by atoms with Crippen LogP contribution in [-0.4, -0.2) is 84.5 Å². The Morgan fingerprint density at radius 1 is 0.565 bits per heavy atom. The van der Waals surface area contributed by atoms with E-state index in [4.69, 9.17) is 37.9 Å².